The molecule has 3 heteroatoms. The van der Waals surface area contributed by atoms with Crippen molar-refractivity contribution >= 4 is 6.09 Å². The minimum atomic E-state index is -0.266. The Morgan fingerprint density at radius 2 is 2.55 bits per heavy atom. The first-order chi connectivity index (χ1) is 5.24. The summed E-state index contributed by atoms with van der Waals surface area (Å²) in [6.45, 7) is 4.94. The van der Waals surface area contributed by atoms with E-state index in [2.05, 4.69) is 19.2 Å². The second kappa shape index (κ2) is 3.60. The summed E-state index contributed by atoms with van der Waals surface area (Å²) in [6, 6.07) is 0. The standard InChI is InChI=1S/C8H15NO2/c1-3-4-6(2)7-5-9-8(10)11-7/h6-7H,3-5H2,1-2H3,(H,9,10). The smallest absolute Gasteiger partial charge is 0.407 e. The molecule has 0 spiro atoms. The molecule has 2 atom stereocenters. The number of ether oxygens (including phenoxy) is 1. The van der Waals surface area contributed by atoms with E-state index in [0.717, 1.165) is 12.8 Å². The largest absolute Gasteiger partial charge is 0.444 e. The fourth-order valence-electron chi connectivity index (χ4n) is 1.36. The van der Waals surface area contributed by atoms with Gasteiger partial charge in [-0.15, -0.1) is 0 Å². The monoisotopic (exact) mass is 157 g/mol. The molecule has 1 fully saturated rings. The molecule has 0 saturated carbocycles. The third-order valence-electron chi connectivity index (χ3n) is 2.08. The van der Waals surface area contributed by atoms with Gasteiger partial charge in [-0.05, 0) is 12.3 Å². The molecule has 3 nitrogen and oxygen atoms in total. The van der Waals surface area contributed by atoms with E-state index < -0.39 is 0 Å². The molecule has 1 amide bonds. The molecular weight excluding hydrogens is 142 g/mol. The van der Waals surface area contributed by atoms with Crippen molar-refractivity contribution in [2.45, 2.75) is 32.8 Å². The topological polar surface area (TPSA) is 38.3 Å². The zero-order valence-corrected chi connectivity index (χ0v) is 7.09. The lowest BCUT2D eigenvalue weighted by Gasteiger charge is -2.15. The van der Waals surface area contributed by atoms with Crippen LogP contribution in [0.5, 0.6) is 0 Å². The first kappa shape index (κ1) is 8.37. The summed E-state index contributed by atoms with van der Waals surface area (Å²) in [5.74, 6) is 0.485. The van der Waals surface area contributed by atoms with E-state index in [1.807, 2.05) is 0 Å². The highest BCUT2D eigenvalue weighted by Crippen LogP contribution is 2.16. The third kappa shape index (κ3) is 2.10. The molecule has 0 aromatic carbocycles. The summed E-state index contributed by atoms with van der Waals surface area (Å²) in [5.41, 5.74) is 0. The van der Waals surface area contributed by atoms with Crippen LogP contribution in [0.25, 0.3) is 0 Å². The van der Waals surface area contributed by atoms with Crippen molar-refractivity contribution in [3.63, 3.8) is 0 Å². The Kier molecular flexibility index (Phi) is 2.74. The van der Waals surface area contributed by atoms with Crippen molar-refractivity contribution in [2.75, 3.05) is 6.54 Å². The molecule has 1 rings (SSSR count). The molecule has 0 aliphatic carbocycles. The molecule has 1 aliphatic rings. The van der Waals surface area contributed by atoms with Gasteiger partial charge in [0.2, 0.25) is 0 Å². The quantitative estimate of drug-likeness (QED) is 0.674. The average molecular weight is 157 g/mol. The Morgan fingerprint density at radius 3 is 3.00 bits per heavy atom. The van der Waals surface area contributed by atoms with Gasteiger partial charge in [0.1, 0.15) is 6.10 Å². The van der Waals surface area contributed by atoms with E-state index in [0.29, 0.717) is 12.5 Å². The second-order valence-corrected chi connectivity index (χ2v) is 3.09. The fourth-order valence-corrected chi connectivity index (χ4v) is 1.36. The second-order valence-electron chi connectivity index (χ2n) is 3.09. The van der Waals surface area contributed by atoms with Gasteiger partial charge >= 0.3 is 6.09 Å². The highest BCUT2D eigenvalue weighted by atomic mass is 16.6. The van der Waals surface area contributed by atoms with Gasteiger partial charge in [0.25, 0.3) is 0 Å². The molecule has 0 aromatic heterocycles. The van der Waals surface area contributed by atoms with Gasteiger partial charge in [0, 0.05) is 0 Å². The Balaban J connectivity index is 2.30. The first-order valence-corrected chi connectivity index (χ1v) is 4.18. The van der Waals surface area contributed by atoms with Crippen LogP contribution < -0.4 is 5.32 Å². The van der Waals surface area contributed by atoms with Crippen LogP contribution >= 0.6 is 0 Å². The number of carbonyl (C=O) groups is 1. The predicted octanol–water partition coefficient (Wildman–Crippen LogP) is 1.53. The molecule has 0 radical (unpaired) electrons. The normalized spacial score (nSPS) is 26.0. The summed E-state index contributed by atoms with van der Waals surface area (Å²) in [7, 11) is 0. The van der Waals surface area contributed by atoms with Crippen LogP contribution in [0.15, 0.2) is 0 Å². The highest BCUT2D eigenvalue weighted by molar-refractivity contribution is 5.69. The lowest BCUT2D eigenvalue weighted by Crippen LogP contribution is -2.21. The summed E-state index contributed by atoms with van der Waals surface area (Å²) >= 11 is 0. The molecule has 0 aromatic rings. The number of hydrogen-bond donors (Lipinski definition) is 1. The predicted molar refractivity (Wildman–Crippen MR) is 42.3 cm³/mol. The van der Waals surface area contributed by atoms with E-state index in [1.54, 1.807) is 0 Å². The Morgan fingerprint density at radius 1 is 1.82 bits per heavy atom. The van der Waals surface area contributed by atoms with Crippen molar-refractivity contribution in [1.82, 2.24) is 5.32 Å². The maximum Gasteiger partial charge on any atom is 0.407 e. The van der Waals surface area contributed by atoms with Gasteiger partial charge in [0.15, 0.2) is 0 Å². The van der Waals surface area contributed by atoms with Gasteiger partial charge in [-0.2, -0.15) is 0 Å². The van der Waals surface area contributed by atoms with Crippen LogP contribution in [0.1, 0.15) is 26.7 Å². The number of nitrogens with one attached hydrogen (secondary N) is 1. The van der Waals surface area contributed by atoms with Crippen LogP contribution in [0.2, 0.25) is 0 Å². The number of amides is 1. The van der Waals surface area contributed by atoms with E-state index in [4.69, 9.17) is 4.74 Å². The molecule has 1 saturated heterocycles. The molecular formula is C8H15NO2. The van der Waals surface area contributed by atoms with Crippen LogP contribution in [0, 0.1) is 5.92 Å². The average Bonchev–Trinajstić information content (AvgIpc) is 2.36. The van der Waals surface area contributed by atoms with Crippen molar-refractivity contribution in [2.24, 2.45) is 5.92 Å². The van der Waals surface area contributed by atoms with Gasteiger partial charge < -0.3 is 10.1 Å². The molecule has 0 bridgehead atoms. The Hall–Kier alpha value is -0.730. The maximum atomic E-state index is 10.6. The lowest BCUT2D eigenvalue weighted by molar-refractivity contribution is 0.107. The molecule has 1 aliphatic heterocycles. The number of rotatable bonds is 3. The number of hydrogen-bond acceptors (Lipinski definition) is 2. The van der Waals surface area contributed by atoms with Crippen molar-refractivity contribution in [1.29, 1.82) is 0 Å². The number of alkyl carbamates (subject to hydrolysis) is 1. The van der Waals surface area contributed by atoms with Gasteiger partial charge in [0.05, 0.1) is 6.54 Å². The number of cyclic esters (lactones) is 1. The van der Waals surface area contributed by atoms with E-state index >= 15 is 0 Å². The van der Waals surface area contributed by atoms with Crippen LogP contribution in [0.3, 0.4) is 0 Å². The Labute approximate surface area is 67.1 Å². The summed E-state index contributed by atoms with van der Waals surface area (Å²) in [4.78, 5) is 10.6. The van der Waals surface area contributed by atoms with Crippen LogP contribution in [-0.4, -0.2) is 18.7 Å². The van der Waals surface area contributed by atoms with Crippen molar-refractivity contribution in [3.05, 3.63) is 0 Å². The molecule has 1 N–H and O–H groups in total. The zero-order chi connectivity index (χ0) is 8.27. The van der Waals surface area contributed by atoms with Crippen LogP contribution in [-0.2, 0) is 4.74 Å². The van der Waals surface area contributed by atoms with E-state index in [9.17, 15) is 4.79 Å². The van der Waals surface area contributed by atoms with E-state index in [1.165, 1.54) is 0 Å². The summed E-state index contributed by atoms with van der Waals surface area (Å²) in [5, 5.41) is 2.65. The summed E-state index contributed by atoms with van der Waals surface area (Å²) in [6.07, 6.45) is 2.11. The third-order valence-corrected chi connectivity index (χ3v) is 2.08. The van der Waals surface area contributed by atoms with Crippen molar-refractivity contribution in [3.8, 4) is 0 Å². The zero-order valence-electron chi connectivity index (χ0n) is 7.09. The van der Waals surface area contributed by atoms with Crippen molar-refractivity contribution < 1.29 is 9.53 Å². The molecule has 11 heavy (non-hydrogen) atoms. The minimum Gasteiger partial charge on any atom is -0.444 e. The van der Waals surface area contributed by atoms with Gasteiger partial charge in [-0.3, -0.25) is 0 Å². The van der Waals surface area contributed by atoms with Gasteiger partial charge in [-0.1, -0.05) is 20.3 Å². The summed E-state index contributed by atoms with van der Waals surface area (Å²) < 4.78 is 5.03. The molecule has 64 valence electrons. The maximum absolute atomic E-state index is 10.6. The molecule has 1 heterocycles. The molecule has 2 unspecified atom stereocenters. The van der Waals surface area contributed by atoms with Crippen LogP contribution in [0.4, 0.5) is 4.79 Å². The number of carbonyl (C=O) groups excluding carboxylic acids is 1. The SMILES string of the molecule is CCCC(C)C1CNC(=O)O1. The first-order valence-electron chi connectivity index (χ1n) is 4.18. The minimum absolute atomic E-state index is 0.0995. The fraction of sp³-hybridized carbons (Fsp3) is 0.875. The Bertz CT molecular complexity index is 147. The van der Waals surface area contributed by atoms with E-state index in [-0.39, 0.29) is 12.2 Å². The van der Waals surface area contributed by atoms with Gasteiger partial charge in [-0.25, -0.2) is 4.79 Å². The highest BCUT2D eigenvalue weighted by Gasteiger charge is 2.26. The lowest BCUT2D eigenvalue weighted by atomic mass is 10.00.